The molecule has 5 heteroatoms. The maximum absolute atomic E-state index is 12.3. The number of nitrogens with one attached hydrogen (secondary N) is 1. The summed E-state index contributed by atoms with van der Waals surface area (Å²) in [6.07, 6.45) is 2.58. The van der Waals surface area contributed by atoms with Gasteiger partial charge in [0.2, 0.25) is 0 Å². The molecular formula is C12H22N4O. The molecule has 17 heavy (non-hydrogen) atoms. The van der Waals surface area contributed by atoms with E-state index in [-0.39, 0.29) is 5.91 Å². The molecule has 0 fully saturated rings. The van der Waals surface area contributed by atoms with Crippen LogP contribution >= 0.6 is 0 Å². The van der Waals surface area contributed by atoms with Crippen molar-refractivity contribution in [2.45, 2.75) is 20.3 Å². The second-order valence-electron chi connectivity index (χ2n) is 4.50. The van der Waals surface area contributed by atoms with Gasteiger partial charge in [-0.05, 0) is 27.4 Å². The molecule has 1 aromatic heterocycles. The summed E-state index contributed by atoms with van der Waals surface area (Å²) in [4.78, 5) is 16.2. The molecule has 0 unspecified atom stereocenters. The Morgan fingerprint density at radius 3 is 2.53 bits per heavy atom. The van der Waals surface area contributed by atoms with Gasteiger partial charge in [0.25, 0.3) is 5.91 Å². The summed E-state index contributed by atoms with van der Waals surface area (Å²) >= 11 is 0. The molecule has 0 aliphatic heterocycles. The van der Waals surface area contributed by atoms with Crippen LogP contribution in [0.2, 0.25) is 0 Å². The normalized spacial score (nSPS) is 10.9. The van der Waals surface area contributed by atoms with E-state index in [9.17, 15) is 4.79 Å². The van der Waals surface area contributed by atoms with Crippen molar-refractivity contribution < 1.29 is 4.79 Å². The fourth-order valence-electron chi connectivity index (χ4n) is 1.64. The third-order valence-electron chi connectivity index (χ3n) is 2.66. The van der Waals surface area contributed by atoms with Gasteiger partial charge in [0.05, 0.1) is 11.8 Å². The summed E-state index contributed by atoms with van der Waals surface area (Å²) in [5, 5.41) is 6.70. The first-order valence-electron chi connectivity index (χ1n) is 6.00. The van der Waals surface area contributed by atoms with Gasteiger partial charge in [-0.3, -0.25) is 9.89 Å². The monoisotopic (exact) mass is 238 g/mol. The van der Waals surface area contributed by atoms with Crippen molar-refractivity contribution in [1.82, 2.24) is 20.0 Å². The van der Waals surface area contributed by atoms with Crippen LogP contribution in [0.3, 0.4) is 0 Å². The molecule has 0 aromatic carbocycles. The number of nitrogens with zero attached hydrogens (tertiary/aromatic N) is 3. The van der Waals surface area contributed by atoms with E-state index < -0.39 is 0 Å². The number of hydrogen-bond donors (Lipinski definition) is 1. The first kappa shape index (κ1) is 13.7. The van der Waals surface area contributed by atoms with E-state index in [1.807, 2.05) is 25.9 Å². The van der Waals surface area contributed by atoms with Gasteiger partial charge in [-0.25, -0.2) is 0 Å². The molecule has 1 rings (SSSR count). The maximum atomic E-state index is 12.3. The molecule has 1 aromatic rings. The molecule has 1 amide bonds. The van der Waals surface area contributed by atoms with Crippen LogP contribution < -0.4 is 0 Å². The first-order valence-corrected chi connectivity index (χ1v) is 6.00. The third-order valence-corrected chi connectivity index (χ3v) is 2.66. The van der Waals surface area contributed by atoms with Crippen LogP contribution in [-0.4, -0.2) is 59.6 Å². The standard InChI is InChI=1S/C12H22N4O/c1-5-6-16(8-7-15(3)4)12(17)11-9-13-14-10(11)2/h9H,5-8H2,1-4H3,(H,13,14). The zero-order valence-electron chi connectivity index (χ0n) is 11.2. The highest BCUT2D eigenvalue weighted by Crippen LogP contribution is 2.08. The van der Waals surface area contributed by atoms with Crippen LogP contribution in [0.4, 0.5) is 0 Å². The summed E-state index contributed by atoms with van der Waals surface area (Å²) in [5.74, 6) is 0.0694. The summed E-state index contributed by atoms with van der Waals surface area (Å²) in [5.41, 5.74) is 1.51. The van der Waals surface area contributed by atoms with Crippen LogP contribution in [0, 0.1) is 6.92 Å². The average Bonchev–Trinajstić information content (AvgIpc) is 2.69. The molecular weight excluding hydrogens is 216 g/mol. The van der Waals surface area contributed by atoms with E-state index in [0.29, 0.717) is 5.56 Å². The number of likely N-dealkylation sites (N-methyl/N-ethyl adjacent to an activating group) is 1. The van der Waals surface area contributed by atoms with Crippen LogP contribution in [0.25, 0.3) is 0 Å². The minimum atomic E-state index is 0.0694. The van der Waals surface area contributed by atoms with E-state index in [4.69, 9.17) is 0 Å². The smallest absolute Gasteiger partial charge is 0.257 e. The zero-order chi connectivity index (χ0) is 12.8. The van der Waals surface area contributed by atoms with Gasteiger partial charge in [0, 0.05) is 25.3 Å². The Bertz CT molecular complexity index is 359. The molecule has 0 saturated carbocycles. The number of aromatic nitrogens is 2. The second kappa shape index (κ2) is 6.39. The van der Waals surface area contributed by atoms with Crippen molar-refractivity contribution in [1.29, 1.82) is 0 Å². The largest absolute Gasteiger partial charge is 0.337 e. The topological polar surface area (TPSA) is 52.2 Å². The Kier molecular flexibility index (Phi) is 5.15. The number of hydrogen-bond acceptors (Lipinski definition) is 3. The van der Waals surface area contributed by atoms with E-state index in [1.165, 1.54) is 0 Å². The number of rotatable bonds is 6. The summed E-state index contributed by atoms with van der Waals surface area (Å²) in [6, 6.07) is 0. The van der Waals surface area contributed by atoms with Crippen LogP contribution in [0.1, 0.15) is 29.4 Å². The Labute approximate surface area is 103 Å². The molecule has 1 heterocycles. The van der Waals surface area contributed by atoms with Gasteiger partial charge in [0.1, 0.15) is 0 Å². The highest BCUT2D eigenvalue weighted by molar-refractivity contribution is 5.95. The number of amides is 1. The number of aryl methyl sites for hydroxylation is 1. The van der Waals surface area contributed by atoms with Gasteiger partial charge in [0.15, 0.2) is 0 Å². The zero-order valence-corrected chi connectivity index (χ0v) is 11.2. The van der Waals surface area contributed by atoms with Gasteiger partial charge in [-0.1, -0.05) is 6.92 Å². The third kappa shape index (κ3) is 3.85. The SMILES string of the molecule is CCCN(CCN(C)C)C(=O)c1cn[nH]c1C. The quantitative estimate of drug-likeness (QED) is 0.808. The highest BCUT2D eigenvalue weighted by Gasteiger charge is 2.18. The fraction of sp³-hybridized carbons (Fsp3) is 0.667. The minimum absolute atomic E-state index is 0.0694. The van der Waals surface area contributed by atoms with E-state index in [2.05, 4.69) is 22.0 Å². The molecule has 0 radical (unpaired) electrons. The lowest BCUT2D eigenvalue weighted by molar-refractivity contribution is 0.0744. The molecule has 0 aliphatic rings. The number of H-pyrrole nitrogens is 1. The second-order valence-corrected chi connectivity index (χ2v) is 4.50. The molecule has 5 nitrogen and oxygen atoms in total. The highest BCUT2D eigenvalue weighted by atomic mass is 16.2. The molecule has 96 valence electrons. The van der Waals surface area contributed by atoms with Gasteiger partial charge >= 0.3 is 0 Å². The molecule has 0 bridgehead atoms. The van der Waals surface area contributed by atoms with E-state index in [0.717, 1.165) is 31.7 Å². The van der Waals surface area contributed by atoms with Crippen LogP contribution in [0.5, 0.6) is 0 Å². The molecule has 0 saturated heterocycles. The first-order chi connectivity index (χ1) is 8.06. The predicted octanol–water partition coefficient (Wildman–Crippen LogP) is 1.13. The Balaban J connectivity index is 2.70. The van der Waals surface area contributed by atoms with Crippen molar-refractivity contribution in [2.24, 2.45) is 0 Å². The molecule has 0 atom stereocenters. The van der Waals surface area contributed by atoms with Crippen molar-refractivity contribution >= 4 is 5.91 Å². The van der Waals surface area contributed by atoms with Gasteiger partial charge in [-0.2, -0.15) is 5.10 Å². The van der Waals surface area contributed by atoms with Crippen molar-refractivity contribution in [3.63, 3.8) is 0 Å². The van der Waals surface area contributed by atoms with Crippen LogP contribution in [-0.2, 0) is 0 Å². The molecule has 1 N–H and O–H groups in total. The van der Waals surface area contributed by atoms with Gasteiger partial charge in [-0.15, -0.1) is 0 Å². The average molecular weight is 238 g/mol. The lowest BCUT2D eigenvalue weighted by atomic mass is 10.2. The lowest BCUT2D eigenvalue weighted by Crippen LogP contribution is -2.37. The van der Waals surface area contributed by atoms with Crippen molar-refractivity contribution in [3.05, 3.63) is 17.5 Å². The molecule has 0 aliphatic carbocycles. The summed E-state index contributed by atoms with van der Waals surface area (Å²) < 4.78 is 0. The van der Waals surface area contributed by atoms with Crippen molar-refractivity contribution in [2.75, 3.05) is 33.7 Å². The molecule has 0 spiro atoms. The lowest BCUT2D eigenvalue weighted by Gasteiger charge is -2.23. The van der Waals surface area contributed by atoms with E-state index >= 15 is 0 Å². The predicted molar refractivity (Wildman–Crippen MR) is 68.1 cm³/mol. The van der Waals surface area contributed by atoms with Crippen molar-refractivity contribution in [3.8, 4) is 0 Å². The number of carbonyl (C=O) groups is 1. The summed E-state index contributed by atoms with van der Waals surface area (Å²) in [6.45, 7) is 6.37. The maximum Gasteiger partial charge on any atom is 0.257 e. The number of aromatic amines is 1. The van der Waals surface area contributed by atoms with Crippen LogP contribution in [0.15, 0.2) is 6.20 Å². The van der Waals surface area contributed by atoms with E-state index in [1.54, 1.807) is 6.20 Å². The Morgan fingerprint density at radius 1 is 1.35 bits per heavy atom. The minimum Gasteiger partial charge on any atom is -0.337 e. The fourth-order valence-corrected chi connectivity index (χ4v) is 1.64. The number of carbonyl (C=O) groups excluding carboxylic acids is 1. The Morgan fingerprint density at radius 2 is 2.06 bits per heavy atom. The summed E-state index contributed by atoms with van der Waals surface area (Å²) in [7, 11) is 4.02. The van der Waals surface area contributed by atoms with Gasteiger partial charge < -0.3 is 9.80 Å². The Hall–Kier alpha value is -1.36.